The molecule has 0 atom stereocenters. The summed E-state index contributed by atoms with van der Waals surface area (Å²) >= 11 is 0. The van der Waals surface area contributed by atoms with Crippen LogP contribution in [0.2, 0.25) is 0 Å². The smallest absolute Gasteiger partial charge is 0.327 e. The van der Waals surface area contributed by atoms with Crippen LogP contribution in [0.5, 0.6) is 0 Å². The third-order valence-corrected chi connectivity index (χ3v) is 2.34. The fourth-order valence-corrected chi connectivity index (χ4v) is 1.60. The Balaban J connectivity index is 2.31. The van der Waals surface area contributed by atoms with Gasteiger partial charge in [-0.3, -0.25) is 9.48 Å². The number of hydrogen-bond acceptors (Lipinski definition) is 3. The Kier molecular flexibility index (Phi) is 3.06. The highest BCUT2D eigenvalue weighted by Crippen LogP contribution is 2.20. The summed E-state index contributed by atoms with van der Waals surface area (Å²) < 4.78 is 6.43. The molecule has 86 valence electrons. The average molecular weight is 229 g/mol. The van der Waals surface area contributed by atoms with Gasteiger partial charge in [0, 0.05) is 5.39 Å². The molecule has 0 fully saturated rings. The van der Waals surface area contributed by atoms with Crippen molar-refractivity contribution in [1.82, 2.24) is 9.78 Å². The molecule has 2 aromatic rings. The van der Waals surface area contributed by atoms with Crippen molar-refractivity contribution < 1.29 is 9.53 Å². The van der Waals surface area contributed by atoms with E-state index in [0.717, 1.165) is 10.9 Å². The summed E-state index contributed by atoms with van der Waals surface area (Å²) in [6.45, 7) is 9.14. The van der Waals surface area contributed by atoms with Gasteiger partial charge < -0.3 is 4.74 Å². The lowest BCUT2D eigenvalue weighted by molar-refractivity contribution is -0.143. The van der Waals surface area contributed by atoms with Crippen LogP contribution in [0.25, 0.3) is 15.7 Å². The van der Waals surface area contributed by atoms with Gasteiger partial charge in [-0.2, -0.15) is 5.10 Å². The number of nitrogens with zero attached hydrogens (tertiary/aromatic N) is 3. The summed E-state index contributed by atoms with van der Waals surface area (Å²) in [6, 6.07) is 5.24. The number of fused-ring (bicyclic) bond motifs is 1. The Morgan fingerprint density at radius 1 is 1.59 bits per heavy atom. The number of carbonyl (C=O) groups is 1. The van der Waals surface area contributed by atoms with E-state index in [1.165, 1.54) is 0 Å². The number of benzene rings is 1. The molecule has 0 aliphatic heterocycles. The van der Waals surface area contributed by atoms with Gasteiger partial charge in [-0.1, -0.05) is 6.07 Å². The molecule has 1 aromatic carbocycles. The summed E-state index contributed by atoms with van der Waals surface area (Å²) in [4.78, 5) is 14.7. The third-order valence-electron chi connectivity index (χ3n) is 2.34. The highest BCUT2D eigenvalue weighted by atomic mass is 16.5. The van der Waals surface area contributed by atoms with E-state index in [0.29, 0.717) is 12.3 Å². The van der Waals surface area contributed by atoms with E-state index >= 15 is 0 Å². The molecule has 2 rings (SSSR count). The molecule has 0 aliphatic carbocycles. The van der Waals surface area contributed by atoms with Crippen LogP contribution in [0.15, 0.2) is 24.4 Å². The summed E-state index contributed by atoms with van der Waals surface area (Å²) in [7, 11) is 0. The second kappa shape index (κ2) is 4.66. The highest BCUT2D eigenvalue weighted by molar-refractivity contribution is 5.83. The standard InChI is InChI=1S/C12H11N3O2/c1-3-17-12(16)8-15-11-5-4-10(13-2)6-9(11)7-14-15/h4-7H,3,8H2,1H3. The van der Waals surface area contributed by atoms with Crippen LogP contribution in [0.1, 0.15) is 6.92 Å². The second-order valence-electron chi connectivity index (χ2n) is 3.46. The lowest BCUT2D eigenvalue weighted by Gasteiger charge is -2.03. The third kappa shape index (κ3) is 2.26. The first-order chi connectivity index (χ1) is 8.24. The van der Waals surface area contributed by atoms with Crippen molar-refractivity contribution in [2.75, 3.05) is 6.61 Å². The van der Waals surface area contributed by atoms with Crippen LogP contribution < -0.4 is 0 Å². The Morgan fingerprint density at radius 2 is 2.41 bits per heavy atom. The number of rotatable bonds is 3. The molecule has 17 heavy (non-hydrogen) atoms. The Labute approximate surface area is 98.4 Å². The van der Waals surface area contributed by atoms with E-state index in [-0.39, 0.29) is 12.5 Å². The van der Waals surface area contributed by atoms with Gasteiger partial charge in [0.2, 0.25) is 0 Å². The molecule has 0 amide bonds. The monoisotopic (exact) mass is 229 g/mol. The number of esters is 1. The minimum absolute atomic E-state index is 0.0920. The quantitative estimate of drug-likeness (QED) is 0.598. The highest BCUT2D eigenvalue weighted by Gasteiger charge is 2.08. The minimum Gasteiger partial charge on any atom is -0.465 e. The van der Waals surface area contributed by atoms with Gasteiger partial charge >= 0.3 is 5.97 Å². The summed E-state index contributed by atoms with van der Waals surface area (Å²) in [5.74, 6) is -0.313. The predicted octanol–water partition coefficient (Wildman–Crippen LogP) is 2.15. The first kappa shape index (κ1) is 11.1. The SMILES string of the molecule is [C-]#[N+]c1ccc2c(cnn2CC(=O)OCC)c1. The fraction of sp³-hybridized carbons (Fsp3) is 0.250. The molecule has 1 heterocycles. The molecule has 0 spiro atoms. The van der Waals surface area contributed by atoms with Crippen LogP contribution in [-0.2, 0) is 16.1 Å². The van der Waals surface area contributed by atoms with Crippen LogP contribution in [0.4, 0.5) is 5.69 Å². The van der Waals surface area contributed by atoms with Crippen molar-refractivity contribution in [3.8, 4) is 0 Å². The topological polar surface area (TPSA) is 48.5 Å². The van der Waals surface area contributed by atoms with Crippen LogP contribution in [-0.4, -0.2) is 22.4 Å². The minimum atomic E-state index is -0.313. The Bertz CT molecular complexity index is 595. The number of aromatic nitrogens is 2. The molecular weight excluding hydrogens is 218 g/mol. The van der Waals surface area contributed by atoms with Gasteiger partial charge in [0.15, 0.2) is 5.69 Å². The van der Waals surface area contributed by atoms with Gasteiger partial charge in [0.25, 0.3) is 0 Å². The number of carbonyl (C=O) groups excluding carboxylic acids is 1. The van der Waals surface area contributed by atoms with Gasteiger partial charge in [-0.15, -0.1) is 0 Å². The van der Waals surface area contributed by atoms with Crippen molar-refractivity contribution in [1.29, 1.82) is 0 Å². The zero-order chi connectivity index (χ0) is 12.3. The molecule has 0 radical (unpaired) electrons. The largest absolute Gasteiger partial charge is 0.465 e. The molecule has 0 saturated carbocycles. The van der Waals surface area contributed by atoms with E-state index in [4.69, 9.17) is 11.3 Å². The maximum absolute atomic E-state index is 11.3. The van der Waals surface area contributed by atoms with Crippen LogP contribution >= 0.6 is 0 Å². The molecule has 0 aliphatic rings. The second-order valence-corrected chi connectivity index (χ2v) is 3.46. The lowest BCUT2D eigenvalue weighted by atomic mass is 10.2. The van der Waals surface area contributed by atoms with Crippen molar-refractivity contribution in [3.63, 3.8) is 0 Å². The van der Waals surface area contributed by atoms with Gasteiger partial charge in [-0.05, 0) is 19.1 Å². The van der Waals surface area contributed by atoms with Gasteiger partial charge in [-0.25, -0.2) is 4.85 Å². The van der Waals surface area contributed by atoms with E-state index < -0.39 is 0 Å². The number of hydrogen-bond donors (Lipinski definition) is 0. The fourth-order valence-electron chi connectivity index (χ4n) is 1.60. The maximum Gasteiger partial charge on any atom is 0.327 e. The predicted molar refractivity (Wildman–Crippen MR) is 62.6 cm³/mol. The van der Waals surface area contributed by atoms with E-state index in [9.17, 15) is 4.79 Å². The molecule has 0 unspecified atom stereocenters. The zero-order valence-corrected chi connectivity index (χ0v) is 9.38. The summed E-state index contributed by atoms with van der Waals surface area (Å²) in [5.41, 5.74) is 1.39. The van der Waals surface area contributed by atoms with Crippen molar-refractivity contribution in [3.05, 3.63) is 35.8 Å². The molecule has 0 saturated heterocycles. The molecule has 5 heteroatoms. The number of ether oxygens (including phenoxy) is 1. The van der Waals surface area contributed by atoms with Crippen molar-refractivity contribution >= 4 is 22.6 Å². The molecule has 5 nitrogen and oxygen atoms in total. The van der Waals surface area contributed by atoms with Gasteiger partial charge in [0.05, 0.1) is 24.9 Å². The first-order valence-corrected chi connectivity index (χ1v) is 5.23. The van der Waals surface area contributed by atoms with Gasteiger partial charge in [0.1, 0.15) is 6.54 Å². The first-order valence-electron chi connectivity index (χ1n) is 5.23. The molecular formula is C12H11N3O2. The maximum atomic E-state index is 11.3. The van der Waals surface area contributed by atoms with Crippen molar-refractivity contribution in [2.24, 2.45) is 0 Å². The lowest BCUT2D eigenvalue weighted by Crippen LogP contribution is -2.14. The van der Waals surface area contributed by atoms with Crippen LogP contribution in [0.3, 0.4) is 0 Å². The Hall–Kier alpha value is -2.35. The zero-order valence-electron chi connectivity index (χ0n) is 9.38. The van der Waals surface area contributed by atoms with E-state index in [1.807, 2.05) is 0 Å². The molecule has 1 aromatic heterocycles. The average Bonchev–Trinajstić information content (AvgIpc) is 2.72. The van der Waals surface area contributed by atoms with Crippen LogP contribution in [0, 0.1) is 6.57 Å². The molecule has 0 bridgehead atoms. The Morgan fingerprint density at radius 3 is 3.12 bits per heavy atom. The summed E-state index contributed by atoms with van der Waals surface area (Å²) in [6.07, 6.45) is 1.64. The molecule has 0 N–H and O–H groups in total. The normalized spacial score (nSPS) is 10.1. The summed E-state index contributed by atoms with van der Waals surface area (Å²) in [5, 5.41) is 4.96. The van der Waals surface area contributed by atoms with E-state index in [2.05, 4.69) is 9.94 Å². The van der Waals surface area contributed by atoms with Crippen molar-refractivity contribution in [2.45, 2.75) is 13.5 Å². The van der Waals surface area contributed by atoms with E-state index in [1.54, 1.807) is 36.0 Å².